The van der Waals surface area contributed by atoms with Crippen molar-refractivity contribution in [2.24, 2.45) is 11.3 Å². The Kier molecular flexibility index (Phi) is 5.52. The second kappa shape index (κ2) is 7.41. The van der Waals surface area contributed by atoms with E-state index in [1.807, 2.05) is 24.3 Å². The van der Waals surface area contributed by atoms with Gasteiger partial charge >= 0.3 is 0 Å². The normalized spacial score (nSPS) is 27.5. The van der Waals surface area contributed by atoms with E-state index in [-0.39, 0.29) is 24.3 Å². The van der Waals surface area contributed by atoms with Gasteiger partial charge in [-0.25, -0.2) is 8.42 Å². The second-order valence-electron chi connectivity index (χ2n) is 7.43. The third kappa shape index (κ3) is 4.28. The zero-order valence-electron chi connectivity index (χ0n) is 15.4. The van der Waals surface area contributed by atoms with Crippen LogP contribution in [0.2, 0.25) is 5.02 Å². The third-order valence-corrected chi connectivity index (χ3v) is 7.01. The van der Waals surface area contributed by atoms with Gasteiger partial charge in [0.25, 0.3) is 0 Å². The van der Waals surface area contributed by atoms with Crippen molar-refractivity contribution in [2.75, 3.05) is 26.4 Å². The molecule has 1 aromatic carbocycles. The van der Waals surface area contributed by atoms with E-state index < -0.39 is 21.5 Å². The molecule has 3 rings (SSSR count). The fourth-order valence-corrected chi connectivity index (χ4v) is 5.18. The summed E-state index contributed by atoms with van der Waals surface area (Å²) in [4.78, 5) is 24.6. The number of carbonyl (C=O) groups is 2. The molecule has 1 saturated heterocycles. The summed E-state index contributed by atoms with van der Waals surface area (Å²) < 4.78 is 25.3. The monoisotopic (exact) mass is 413 g/mol. The first-order valence-corrected chi connectivity index (χ1v) is 11.1. The fourth-order valence-electron chi connectivity index (χ4n) is 3.93. The summed E-state index contributed by atoms with van der Waals surface area (Å²) in [6, 6.07) is 6.72. The average Bonchev–Trinajstić information content (AvgIpc) is 3.16. The van der Waals surface area contributed by atoms with E-state index in [1.54, 1.807) is 0 Å². The minimum Gasteiger partial charge on any atom is -0.358 e. The van der Waals surface area contributed by atoms with Crippen LogP contribution in [-0.2, 0) is 26.0 Å². The lowest BCUT2D eigenvalue weighted by Crippen LogP contribution is -2.44. The number of nitrogens with one attached hydrogen (secondary N) is 2. The number of likely N-dealkylation sites (N-methyl/N-ethyl adjacent to an activating group) is 1. The van der Waals surface area contributed by atoms with Gasteiger partial charge < -0.3 is 10.6 Å². The number of halogens is 1. The smallest absolute Gasteiger partial charge is 0.238 e. The van der Waals surface area contributed by atoms with E-state index in [4.69, 9.17) is 11.6 Å². The molecule has 2 aliphatic rings. The summed E-state index contributed by atoms with van der Waals surface area (Å²) in [6.45, 7) is 0.723. The highest BCUT2D eigenvalue weighted by molar-refractivity contribution is 7.88. The Morgan fingerprint density at radius 3 is 2.48 bits per heavy atom. The second-order valence-corrected chi connectivity index (χ2v) is 9.80. The van der Waals surface area contributed by atoms with Gasteiger partial charge in [0.2, 0.25) is 21.8 Å². The van der Waals surface area contributed by atoms with Gasteiger partial charge in [0.05, 0.1) is 6.26 Å². The van der Waals surface area contributed by atoms with E-state index in [0.29, 0.717) is 30.8 Å². The van der Waals surface area contributed by atoms with E-state index in [2.05, 4.69) is 10.6 Å². The highest BCUT2D eigenvalue weighted by atomic mass is 35.5. The Morgan fingerprint density at radius 1 is 1.22 bits per heavy atom. The number of hydrogen-bond acceptors (Lipinski definition) is 4. The molecule has 1 aliphatic carbocycles. The van der Waals surface area contributed by atoms with Crippen molar-refractivity contribution in [2.45, 2.75) is 25.3 Å². The van der Waals surface area contributed by atoms with Crippen LogP contribution >= 0.6 is 11.6 Å². The Balaban J connectivity index is 1.58. The van der Waals surface area contributed by atoms with Gasteiger partial charge in [-0.2, -0.15) is 4.31 Å². The van der Waals surface area contributed by atoms with Crippen LogP contribution in [0.3, 0.4) is 0 Å². The highest BCUT2D eigenvalue weighted by Gasteiger charge is 2.65. The van der Waals surface area contributed by atoms with Gasteiger partial charge in [-0.3, -0.25) is 9.59 Å². The van der Waals surface area contributed by atoms with Crippen LogP contribution in [0.25, 0.3) is 0 Å². The molecule has 2 N–H and O–H groups in total. The molecule has 2 amide bonds. The van der Waals surface area contributed by atoms with Crippen LogP contribution in [0.15, 0.2) is 24.3 Å². The van der Waals surface area contributed by atoms with E-state index in [0.717, 1.165) is 11.8 Å². The summed E-state index contributed by atoms with van der Waals surface area (Å²) in [5, 5.41) is 6.12. The van der Waals surface area contributed by atoms with Crippen molar-refractivity contribution < 1.29 is 18.0 Å². The zero-order chi connectivity index (χ0) is 19.8. The molecule has 7 nitrogen and oxygen atoms in total. The summed E-state index contributed by atoms with van der Waals surface area (Å²) >= 11 is 5.86. The minimum absolute atomic E-state index is 0.0741. The lowest BCUT2D eigenvalue weighted by atomic mass is 9.99. The van der Waals surface area contributed by atoms with Crippen molar-refractivity contribution in [3.05, 3.63) is 34.9 Å². The number of amides is 2. The molecule has 1 heterocycles. The lowest BCUT2D eigenvalue weighted by Gasteiger charge is -2.20. The molecule has 27 heavy (non-hydrogen) atoms. The van der Waals surface area contributed by atoms with E-state index >= 15 is 0 Å². The van der Waals surface area contributed by atoms with Gasteiger partial charge in [-0.1, -0.05) is 23.7 Å². The number of carbonyl (C=O) groups excluding carboxylic acids is 2. The molecule has 0 bridgehead atoms. The van der Waals surface area contributed by atoms with Crippen LogP contribution in [0.1, 0.15) is 18.4 Å². The molecule has 0 radical (unpaired) electrons. The molecule has 1 aliphatic heterocycles. The Labute approximate surface area is 164 Å². The van der Waals surface area contributed by atoms with Crippen LogP contribution in [0, 0.1) is 11.3 Å². The highest BCUT2D eigenvalue weighted by Crippen LogP contribution is 2.60. The van der Waals surface area contributed by atoms with Crippen molar-refractivity contribution in [1.29, 1.82) is 0 Å². The Bertz CT molecular complexity index is 843. The third-order valence-electron chi connectivity index (χ3n) is 5.53. The van der Waals surface area contributed by atoms with Crippen molar-refractivity contribution in [1.82, 2.24) is 14.9 Å². The maximum absolute atomic E-state index is 12.5. The van der Waals surface area contributed by atoms with Gasteiger partial charge in [0, 0.05) is 31.1 Å². The van der Waals surface area contributed by atoms with E-state index in [9.17, 15) is 18.0 Å². The molecular weight excluding hydrogens is 390 g/mol. The van der Waals surface area contributed by atoms with Crippen LogP contribution < -0.4 is 10.6 Å². The van der Waals surface area contributed by atoms with Crippen molar-refractivity contribution in [3.8, 4) is 0 Å². The van der Waals surface area contributed by atoms with Crippen molar-refractivity contribution >= 4 is 33.4 Å². The largest absolute Gasteiger partial charge is 0.358 e. The Morgan fingerprint density at radius 2 is 1.89 bits per heavy atom. The number of nitrogens with zero attached hydrogens (tertiary/aromatic N) is 1. The quantitative estimate of drug-likeness (QED) is 0.720. The molecule has 1 saturated carbocycles. The van der Waals surface area contributed by atoms with E-state index in [1.165, 1.54) is 11.4 Å². The van der Waals surface area contributed by atoms with Gasteiger partial charge in [0.1, 0.15) is 6.04 Å². The molecule has 0 unspecified atom stereocenters. The van der Waals surface area contributed by atoms with Gasteiger partial charge in [0.15, 0.2) is 0 Å². The number of hydrogen-bond donors (Lipinski definition) is 2. The lowest BCUT2D eigenvalue weighted by molar-refractivity contribution is -0.124. The summed E-state index contributed by atoms with van der Waals surface area (Å²) in [7, 11) is -2.03. The molecule has 2 fully saturated rings. The summed E-state index contributed by atoms with van der Waals surface area (Å²) in [5.74, 6) is -0.650. The molecule has 0 aromatic heterocycles. The van der Waals surface area contributed by atoms with Crippen LogP contribution in [0.4, 0.5) is 0 Å². The van der Waals surface area contributed by atoms with Crippen LogP contribution in [-0.4, -0.2) is 57.0 Å². The molecule has 148 valence electrons. The average molecular weight is 414 g/mol. The maximum Gasteiger partial charge on any atom is 0.238 e. The first-order valence-electron chi connectivity index (χ1n) is 8.87. The minimum atomic E-state index is -3.51. The number of rotatable bonds is 6. The SMILES string of the molecule is CNC(=O)[C@@H]1C[C@@]2(C[C@@H]2C(=O)NCCc2ccc(Cl)cc2)CN1S(C)(=O)=O. The molecular formula is C18H24ClN3O4S. The summed E-state index contributed by atoms with van der Waals surface area (Å²) in [6.07, 6.45) is 2.79. The first kappa shape index (κ1) is 20.1. The standard InChI is InChI=1S/C18H24ClN3O4S/c1-20-17(24)15-10-18(11-22(15)27(2,25)26)9-14(18)16(23)21-8-7-12-3-5-13(19)6-4-12/h3-6,14-15H,7-11H2,1-2H3,(H,20,24)(H,21,23)/t14-,15+,18+/m1/s1. The topological polar surface area (TPSA) is 95.6 Å². The predicted octanol–water partition coefficient (Wildman–Crippen LogP) is 0.785. The summed E-state index contributed by atoms with van der Waals surface area (Å²) in [5.41, 5.74) is 0.652. The predicted molar refractivity (Wildman–Crippen MR) is 103 cm³/mol. The van der Waals surface area contributed by atoms with Gasteiger partial charge in [-0.15, -0.1) is 0 Å². The molecule has 1 aromatic rings. The zero-order valence-corrected chi connectivity index (χ0v) is 16.9. The number of sulfonamides is 1. The number of benzene rings is 1. The fraction of sp³-hybridized carbons (Fsp3) is 0.556. The Hall–Kier alpha value is -1.64. The first-order chi connectivity index (χ1) is 12.7. The maximum atomic E-state index is 12.5. The van der Waals surface area contributed by atoms with Crippen molar-refractivity contribution in [3.63, 3.8) is 0 Å². The molecule has 9 heteroatoms. The van der Waals surface area contributed by atoms with Gasteiger partial charge in [-0.05, 0) is 42.4 Å². The molecule has 1 spiro atoms. The molecule has 3 atom stereocenters. The van der Waals surface area contributed by atoms with Crippen LogP contribution in [0.5, 0.6) is 0 Å².